The Hall–Kier alpha value is -1.43. The van der Waals surface area contributed by atoms with Gasteiger partial charge in [-0.3, -0.25) is 4.79 Å². The molecule has 4 nitrogen and oxygen atoms in total. The quantitative estimate of drug-likeness (QED) is 0.896. The molecule has 0 radical (unpaired) electrons. The molecule has 0 heterocycles. The molecule has 0 aliphatic carbocycles. The van der Waals surface area contributed by atoms with Crippen LogP contribution in [0.1, 0.15) is 24.2 Å². The van der Waals surface area contributed by atoms with Gasteiger partial charge in [0.25, 0.3) is 5.91 Å². The molecule has 1 amide bonds. The third-order valence-electron chi connectivity index (χ3n) is 2.39. The van der Waals surface area contributed by atoms with Crippen molar-refractivity contribution in [1.29, 1.82) is 0 Å². The van der Waals surface area contributed by atoms with Crippen LogP contribution in [0, 0.1) is 11.7 Å². The Kier molecular flexibility index (Phi) is 4.84. The normalized spacial score (nSPS) is 12.3. The SMILES string of the molecule is CC(C)[C@H](NC(=O)c1cc(Br)ccc1F)C(=O)O. The maximum absolute atomic E-state index is 13.4. The molecule has 0 bridgehead atoms. The number of carboxylic acids is 1. The second-order valence-corrected chi connectivity index (χ2v) is 5.07. The van der Waals surface area contributed by atoms with Gasteiger partial charge < -0.3 is 10.4 Å². The zero-order chi connectivity index (χ0) is 13.9. The van der Waals surface area contributed by atoms with Crippen molar-refractivity contribution in [3.63, 3.8) is 0 Å². The molecule has 1 atom stereocenters. The minimum atomic E-state index is -1.14. The lowest BCUT2D eigenvalue weighted by Gasteiger charge is -2.18. The summed E-state index contributed by atoms with van der Waals surface area (Å²) in [6, 6.07) is 2.87. The Balaban J connectivity index is 2.94. The zero-order valence-electron chi connectivity index (χ0n) is 9.91. The van der Waals surface area contributed by atoms with Gasteiger partial charge in [-0.1, -0.05) is 29.8 Å². The summed E-state index contributed by atoms with van der Waals surface area (Å²) < 4.78 is 14.0. The van der Waals surface area contributed by atoms with E-state index in [-0.39, 0.29) is 11.5 Å². The number of hydrogen-bond acceptors (Lipinski definition) is 2. The lowest BCUT2D eigenvalue weighted by Crippen LogP contribution is -2.44. The van der Waals surface area contributed by atoms with Gasteiger partial charge in [0, 0.05) is 4.47 Å². The van der Waals surface area contributed by atoms with E-state index < -0.39 is 23.7 Å². The van der Waals surface area contributed by atoms with Gasteiger partial charge in [-0.05, 0) is 24.1 Å². The van der Waals surface area contributed by atoms with E-state index in [4.69, 9.17) is 5.11 Å². The summed E-state index contributed by atoms with van der Waals surface area (Å²) >= 11 is 3.13. The van der Waals surface area contributed by atoms with Crippen LogP contribution in [0.3, 0.4) is 0 Å². The third kappa shape index (κ3) is 3.53. The number of carbonyl (C=O) groups excluding carboxylic acids is 1. The van der Waals surface area contributed by atoms with Gasteiger partial charge in [0.15, 0.2) is 0 Å². The van der Waals surface area contributed by atoms with E-state index in [0.717, 1.165) is 6.07 Å². The molecule has 0 aliphatic heterocycles. The van der Waals surface area contributed by atoms with E-state index in [1.165, 1.54) is 12.1 Å². The Labute approximate surface area is 112 Å². The molecule has 98 valence electrons. The van der Waals surface area contributed by atoms with Crippen LogP contribution in [0.5, 0.6) is 0 Å². The number of hydrogen-bond donors (Lipinski definition) is 2. The summed E-state index contributed by atoms with van der Waals surface area (Å²) in [6.45, 7) is 3.33. The first-order valence-corrected chi connectivity index (χ1v) is 6.11. The topological polar surface area (TPSA) is 66.4 Å². The molecule has 0 unspecified atom stereocenters. The van der Waals surface area contributed by atoms with Crippen LogP contribution in [0.4, 0.5) is 4.39 Å². The number of nitrogens with one attached hydrogen (secondary N) is 1. The average Bonchev–Trinajstić information content (AvgIpc) is 2.28. The highest BCUT2D eigenvalue weighted by Crippen LogP contribution is 2.16. The van der Waals surface area contributed by atoms with E-state index in [9.17, 15) is 14.0 Å². The second-order valence-electron chi connectivity index (χ2n) is 4.16. The van der Waals surface area contributed by atoms with E-state index in [0.29, 0.717) is 4.47 Å². The first kappa shape index (κ1) is 14.6. The van der Waals surface area contributed by atoms with E-state index in [1.807, 2.05) is 0 Å². The molecule has 0 fully saturated rings. The monoisotopic (exact) mass is 317 g/mol. The average molecular weight is 318 g/mol. The summed E-state index contributed by atoms with van der Waals surface area (Å²) in [6.07, 6.45) is 0. The predicted octanol–water partition coefficient (Wildman–Crippen LogP) is 2.43. The molecule has 0 aliphatic rings. The highest BCUT2D eigenvalue weighted by Gasteiger charge is 2.25. The fourth-order valence-electron chi connectivity index (χ4n) is 1.40. The summed E-state index contributed by atoms with van der Waals surface area (Å²) in [5.41, 5.74) is -0.184. The molecule has 1 aromatic carbocycles. The van der Waals surface area contributed by atoms with E-state index in [1.54, 1.807) is 13.8 Å². The van der Waals surface area contributed by atoms with Crippen LogP contribution in [0.15, 0.2) is 22.7 Å². The molecular weight excluding hydrogens is 305 g/mol. The lowest BCUT2D eigenvalue weighted by molar-refractivity contribution is -0.140. The molecular formula is C12H13BrFNO3. The van der Waals surface area contributed by atoms with Crippen molar-refractivity contribution < 1.29 is 19.1 Å². The number of aliphatic carboxylic acids is 1. The van der Waals surface area contributed by atoms with Crippen LogP contribution in [0.2, 0.25) is 0 Å². The van der Waals surface area contributed by atoms with Crippen LogP contribution < -0.4 is 5.32 Å². The maximum Gasteiger partial charge on any atom is 0.326 e. The summed E-state index contributed by atoms with van der Waals surface area (Å²) in [7, 11) is 0. The van der Waals surface area contributed by atoms with Crippen LogP contribution in [-0.2, 0) is 4.79 Å². The van der Waals surface area contributed by atoms with Crippen molar-refractivity contribution in [3.05, 3.63) is 34.1 Å². The Morgan fingerprint density at radius 3 is 2.50 bits per heavy atom. The number of benzene rings is 1. The molecule has 1 aromatic rings. The number of rotatable bonds is 4. The molecule has 2 N–H and O–H groups in total. The standard InChI is InChI=1S/C12H13BrFNO3/c1-6(2)10(12(17)18)15-11(16)8-5-7(13)3-4-9(8)14/h3-6,10H,1-2H3,(H,15,16)(H,17,18)/t10-/m0/s1. The van der Waals surface area contributed by atoms with Crippen molar-refractivity contribution in [2.24, 2.45) is 5.92 Å². The zero-order valence-corrected chi connectivity index (χ0v) is 11.5. The molecule has 0 saturated heterocycles. The molecule has 0 spiro atoms. The summed E-state index contributed by atoms with van der Waals surface area (Å²) in [4.78, 5) is 22.7. The van der Waals surface area contributed by atoms with Gasteiger partial charge >= 0.3 is 5.97 Å². The number of amides is 1. The highest BCUT2D eigenvalue weighted by molar-refractivity contribution is 9.10. The largest absolute Gasteiger partial charge is 0.480 e. The predicted molar refractivity (Wildman–Crippen MR) is 67.8 cm³/mol. The Morgan fingerprint density at radius 1 is 1.39 bits per heavy atom. The van der Waals surface area contributed by atoms with Crippen molar-refractivity contribution in [3.8, 4) is 0 Å². The van der Waals surface area contributed by atoms with Crippen LogP contribution in [0.25, 0.3) is 0 Å². The number of carbonyl (C=O) groups is 2. The molecule has 1 rings (SSSR count). The first-order valence-electron chi connectivity index (χ1n) is 5.31. The lowest BCUT2D eigenvalue weighted by atomic mass is 10.0. The number of halogens is 2. The minimum absolute atomic E-state index is 0.184. The summed E-state index contributed by atoms with van der Waals surface area (Å²) in [5.74, 6) is -2.87. The molecule has 0 aromatic heterocycles. The van der Waals surface area contributed by atoms with Gasteiger partial charge in [-0.2, -0.15) is 0 Å². The van der Waals surface area contributed by atoms with Gasteiger partial charge in [0.05, 0.1) is 5.56 Å². The highest BCUT2D eigenvalue weighted by atomic mass is 79.9. The van der Waals surface area contributed by atoms with Crippen LogP contribution >= 0.6 is 15.9 Å². The van der Waals surface area contributed by atoms with E-state index >= 15 is 0 Å². The van der Waals surface area contributed by atoms with Gasteiger partial charge in [0.2, 0.25) is 0 Å². The van der Waals surface area contributed by atoms with Crippen molar-refractivity contribution in [1.82, 2.24) is 5.32 Å². The van der Waals surface area contributed by atoms with Crippen molar-refractivity contribution in [2.45, 2.75) is 19.9 Å². The van der Waals surface area contributed by atoms with E-state index in [2.05, 4.69) is 21.2 Å². The maximum atomic E-state index is 13.4. The Bertz CT molecular complexity index is 476. The smallest absolute Gasteiger partial charge is 0.326 e. The number of carboxylic acid groups (broad SMARTS) is 1. The van der Waals surface area contributed by atoms with Gasteiger partial charge in [-0.15, -0.1) is 0 Å². The molecule has 6 heteroatoms. The van der Waals surface area contributed by atoms with Crippen LogP contribution in [-0.4, -0.2) is 23.0 Å². The fourth-order valence-corrected chi connectivity index (χ4v) is 1.77. The van der Waals surface area contributed by atoms with Gasteiger partial charge in [-0.25, -0.2) is 9.18 Å². The van der Waals surface area contributed by atoms with Crippen molar-refractivity contribution >= 4 is 27.8 Å². The third-order valence-corrected chi connectivity index (χ3v) is 2.89. The molecule has 0 saturated carbocycles. The molecule has 18 heavy (non-hydrogen) atoms. The summed E-state index contributed by atoms with van der Waals surface area (Å²) in [5, 5.41) is 11.2. The van der Waals surface area contributed by atoms with Gasteiger partial charge in [0.1, 0.15) is 11.9 Å². The Morgan fingerprint density at radius 2 is 2.00 bits per heavy atom. The second kappa shape index (κ2) is 5.95. The first-order chi connectivity index (χ1) is 8.32. The minimum Gasteiger partial charge on any atom is -0.480 e. The van der Waals surface area contributed by atoms with Crippen molar-refractivity contribution in [2.75, 3.05) is 0 Å². The fraction of sp³-hybridized carbons (Fsp3) is 0.333.